The van der Waals surface area contributed by atoms with Crippen LogP contribution in [-0.2, 0) is 64.9 Å². The molecule has 0 aliphatic heterocycles. The molecule has 0 amide bonds. The second-order valence-electron chi connectivity index (χ2n) is 12.5. The van der Waals surface area contributed by atoms with Crippen LogP contribution in [0.2, 0.25) is 5.28 Å². The summed E-state index contributed by atoms with van der Waals surface area (Å²) < 4.78 is 209. The fourth-order valence-electron chi connectivity index (χ4n) is 5.82. The zero-order chi connectivity index (χ0) is 47.4. The van der Waals surface area contributed by atoms with Crippen LogP contribution in [-0.4, -0.2) is 112 Å². The number of fused-ring (bicyclic) bond motifs is 2. The molecule has 3 N–H and O–H groups in total. The zero-order valence-electron chi connectivity index (χ0n) is 30.7. The SMILES string of the molecule is O=C1/C(=N\Nc2ccc3c(S(=O)(=O)[O-])cccc3c2S(=O)(=O)[O-])C(S(=O)(=O)[O-])=Cc2cc(S(=O)(=O)[O-])cc(Nc3nc(Cl)nc(Nc4cccc(S(=O)(=O)CCOS(=O)(=O)[O-])c4)n3)c21. The molecule has 26 nitrogen and oxygen atoms in total. The summed E-state index contributed by atoms with van der Waals surface area (Å²) in [6.45, 7) is -1.00. The largest absolute Gasteiger partial charge is 0.744 e. The second-order valence-corrected chi connectivity index (χ2v) is 21.4. The first-order valence-electron chi connectivity index (χ1n) is 16.5. The monoisotopic (exact) mass is 1020 g/mol. The topological polar surface area (TPSA) is 434 Å². The number of allylic oxidation sites excluding steroid dienone is 1. The summed E-state index contributed by atoms with van der Waals surface area (Å²) >= 11 is 6.07. The van der Waals surface area contributed by atoms with Gasteiger partial charge in [0.1, 0.15) is 46.2 Å². The molecule has 33 heteroatoms. The van der Waals surface area contributed by atoms with E-state index < -0.39 is 160 Å². The van der Waals surface area contributed by atoms with Gasteiger partial charge in [0.2, 0.25) is 33.4 Å². The third-order valence-corrected chi connectivity index (χ3v) is 14.1. The average Bonchev–Trinajstić information content (AvgIpc) is 3.14. The number of Topliss-reactive ketones (excluding diaryl/α,β-unsaturated/α-hetero) is 1. The van der Waals surface area contributed by atoms with E-state index in [1.165, 1.54) is 12.1 Å². The van der Waals surface area contributed by atoms with Crippen molar-refractivity contribution in [1.82, 2.24) is 15.0 Å². The van der Waals surface area contributed by atoms with Crippen LogP contribution in [0.4, 0.5) is 29.0 Å². The number of carbonyl (C=O) groups excluding carboxylic acids is 1. The average molecular weight is 1020 g/mol. The summed E-state index contributed by atoms with van der Waals surface area (Å²) in [4.78, 5) is 20.6. The Morgan fingerprint density at radius 3 is 1.92 bits per heavy atom. The van der Waals surface area contributed by atoms with E-state index in [2.05, 4.69) is 34.9 Å². The van der Waals surface area contributed by atoms with Crippen molar-refractivity contribution in [3.05, 3.63) is 88.0 Å². The van der Waals surface area contributed by atoms with Crippen LogP contribution in [0.1, 0.15) is 15.9 Å². The number of sulfone groups is 1. The lowest BCUT2D eigenvalue weighted by Crippen LogP contribution is -2.28. The molecule has 0 unspecified atom stereocenters. The van der Waals surface area contributed by atoms with Crippen molar-refractivity contribution < 1.29 is 82.2 Å². The predicted octanol–water partition coefficient (Wildman–Crippen LogP) is 0.679. The van der Waals surface area contributed by atoms with Crippen molar-refractivity contribution in [3.8, 4) is 0 Å². The van der Waals surface area contributed by atoms with E-state index in [1.54, 1.807) is 0 Å². The molecule has 0 spiro atoms. The molecular weight excluding hydrogens is 1000 g/mol. The second kappa shape index (κ2) is 17.1. The Morgan fingerprint density at radius 2 is 1.31 bits per heavy atom. The number of hydrogen-bond acceptors (Lipinski definition) is 26. The number of aromatic nitrogens is 3. The standard InChI is InChI=1S/C31H24ClN7O19S6/c32-29-35-30(33-16-3-1-4-17(13-16)59(41,42)10-9-58-64(55,56)57)37-31(36-29)34-22-14-18(60(43,44)45)11-15-12-24(62(49,50)51)26(27(40)25(15)22)39-38-21-8-7-19-20(28(21)63(52,53)54)5-2-6-23(19)61(46,47)48/h1-8,11-14,38H,9-10H2,(H,43,44,45)(H,46,47,48)(H,49,50,51)(H,52,53,54)(H,55,56,57)(H2,33,34,35,36,37)/p-5/b39-26-. The van der Waals surface area contributed by atoms with Crippen LogP contribution >= 0.6 is 11.6 Å². The lowest BCUT2D eigenvalue weighted by molar-refractivity contribution is 0.106. The van der Waals surface area contributed by atoms with Gasteiger partial charge in [-0.15, -0.1) is 0 Å². The molecule has 1 heterocycles. The maximum atomic E-state index is 14.2. The minimum absolute atomic E-state index is 0.0567. The predicted molar refractivity (Wildman–Crippen MR) is 213 cm³/mol. The van der Waals surface area contributed by atoms with Crippen molar-refractivity contribution in [2.45, 2.75) is 19.6 Å². The molecular formula is C31H19ClN7O19S6-5. The molecule has 0 atom stereocenters. The fourth-order valence-corrected chi connectivity index (χ4v) is 10.2. The molecule has 0 bridgehead atoms. The zero-order valence-corrected chi connectivity index (χ0v) is 36.4. The van der Waals surface area contributed by atoms with E-state index in [4.69, 9.17) is 11.6 Å². The Morgan fingerprint density at radius 1 is 0.656 bits per heavy atom. The van der Waals surface area contributed by atoms with E-state index in [0.717, 1.165) is 42.5 Å². The molecule has 0 saturated heterocycles. The summed E-state index contributed by atoms with van der Waals surface area (Å²) in [5.74, 6) is -3.60. The number of rotatable bonds is 15. The first-order valence-corrected chi connectivity index (χ1v) is 25.5. The van der Waals surface area contributed by atoms with Crippen molar-refractivity contribution in [2.24, 2.45) is 5.10 Å². The molecule has 6 rings (SSSR count). The third kappa shape index (κ3) is 10.8. The molecule has 340 valence electrons. The highest BCUT2D eigenvalue weighted by molar-refractivity contribution is 7.91. The number of nitrogens with zero attached hydrogens (tertiary/aromatic N) is 4. The number of benzene rings is 4. The maximum Gasteiger partial charge on any atom is 0.233 e. The number of halogens is 1. The summed E-state index contributed by atoms with van der Waals surface area (Å²) in [6, 6.07) is 10.0. The van der Waals surface area contributed by atoms with Crippen molar-refractivity contribution in [1.29, 1.82) is 0 Å². The van der Waals surface area contributed by atoms with Crippen molar-refractivity contribution >= 4 is 130 Å². The highest BCUT2D eigenvalue weighted by Crippen LogP contribution is 2.37. The molecule has 64 heavy (non-hydrogen) atoms. The van der Waals surface area contributed by atoms with Crippen molar-refractivity contribution in [3.63, 3.8) is 0 Å². The van der Waals surface area contributed by atoms with Gasteiger partial charge >= 0.3 is 0 Å². The fraction of sp³-hybridized carbons (Fsp3) is 0.0645. The molecule has 1 aromatic heterocycles. The van der Waals surface area contributed by atoms with Gasteiger partial charge in [-0.1, -0.05) is 24.3 Å². The molecule has 1 aliphatic carbocycles. The summed E-state index contributed by atoms with van der Waals surface area (Å²) in [5, 5.41) is 6.79. The van der Waals surface area contributed by atoms with Crippen LogP contribution in [0.25, 0.3) is 16.8 Å². The van der Waals surface area contributed by atoms with Gasteiger partial charge in [0.15, 0.2) is 9.84 Å². The number of anilines is 5. The molecule has 0 fully saturated rings. The van der Waals surface area contributed by atoms with Gasteiger partial charge in [0.05, 0.1) is 53.8 Å². The van der Waals surface area contributed by atoms with Gasteiger partial charge < -0.3 is 33.4 Å². The van der Waals surface area contributed by atoms with Gasteiger partial charge in [0.25, 0.3) is 0 Å². The number of hydrazone groups is 1. The minimum Gasteiger partial charge on any atom is -0.744 e. The summed E-state index contributed by atoms with van der Waals surface area (Å²) in [6.07, 6.45) is 0.427. The van der Waals surface area contributed by atoms with Crippen LogP contribution in [0.5, 0.6) is 0 Å². The Labute approximate surface area is 366 Å². The smallest absolute Gasteiger partial charge is 0.233 e. The lowest BCUT2D eigenvalue weighted by atomic mass is 9.93. The van der Waals surface area contributed by atoms with Crippen LogP contribution < -0.4 is 16.1 Å². The summed E-state index contributed by atoms with van der Waals surface area (Å²) in [5.41, 5.74) is -2.36. The van der Waals surface area contributed by atoms with Crippen molar-refractivity contribution in [2.75, 3.05) is 28.4 Å². The highest BCUT2D eigenvalue weighted by atomic mass is 35.5. The molecule has 5 aromatic rings. The Balaban J connectivity index is 1.42. The van der Waals surface area contributed by atoms with Gasteiger partial charge in [0, 0.05) is 16.5 Å². The Hall–Kier alpha value is -5.62. The first-order chi connectivity index (χ1) is 29.4. The first kappa shape index (κ1) is 47.8. The molecule has 4 aromatic carbocycles. The van der Waals surface area contributed by atoms with E-state index in [-0.39, 0.29) is 5.69 Å². The number of ketones is 1. The highest BCUT2D eigenvalue weighted by Gasteiger charge is 2.33. The normalized spacial score (nSPS) is 14.6. The number of hydrogen-bond donors (Lipinski definition) is 3. The minimum atomic E-state index is -5.78. The number of nitrogens with one attached hydrogen (secondary N) is 3. The van der Waals surface area contributed by atoms with E-state index in [9.17, 15) is 78.1 Å². The van der Waals surface area contributed by atoms with Gasteiger partial charge in [-0.05, 0) is 65.7 Å². The van der Waals surface area contributed by atoms with Crippen LogP contribution in [0, 0.1) is 0 Å². The van der Waals surface area contributed by atoms with E-state index in [0.29, 0.717) is 18.2 Å². The maximum absolute atomic E-state index is 14.2. The lowest BCUT2D eigenvalue weighted by Gasteiger charge is -2.24. The van der Waals surface area contributed by atoms with E-state index in [1.807, 2.05) is 5.43 Å². The Bertz CT molecular complexity index is 3590. The van der Waals surface area contributed by atoms with Gasteiger partial charge in [-0.25, -0.2) is 50.5 Å². The molecule has 1 aliphatic rings. The summed E-state index contributed by atoms with van der Waals surface area (Å²) in [7, 11) is -31.6. The van der Waals surface area contributed by atoms with E-state index >= 15 is 0 Å². The van der Waals surface area contributed by atoms with Gasteiger partial charge in [-0.3, -0.25) is 14.4 Å². The number of carbonyl (C=O) groups is 1. The quantitative estimate of drug-likeness (QED) is 0.0737. The third-order valence-electron chi connectivity index (χ3n) is 8.33. The molecule has 0 radical (unpaired) electrons. The van der Waals surface area contributed by atoms with Crippen LogP contribution in [0.15, 0.2) is 96.3 Å². The molecule has 0 saturated carbocycles. The van der Waals surface area contributed by atoms with Crippen LogP contribution in [0.3, 0.4) is 0 Å². The Kier molecular flexibility index (Phi) is 12.8. The van der Waals surface area contributed by atoms with Gasteiger partial charge in [-0.2, -0.15) is 20.1 Å².